The lowest BCUT2D eigenvalue weighted by atomic mass is 10.1. The largest absolute Gasteiger partial charge is 0.491 e. The van der Waals surface area contributed by atoms with Crippen molar-refractivity contribution in [1.82, 2.24) is 15.1 Å². The summed E-state index contributed by atoms with van der Waals surface area (Å²) in [6.07, 6.45) is 1.43. The predicted octanol–water partition coefficient (Wildman–Crippen LogP) is 1.92. The second-order valence-corrected chi connectivity index (χ2v) is 6.53. The zero-order valence-corrected chi connectivity index (χ0v) is 16.2. The highest BCUT2D eigenvalue weighted by Gasteiger charge is 2.17. The molecular formula is C22H23N3O4. The second kappa shape index (κ2) is 9.16. The van der Waals surface area contributed by atoms with Crippen molar-refractivity contribution in [2.75, 3.05) is 13.7 Å². The van der Waals surface area contributed by atoms with E-state index in [-0.39, 0.29) is 24.4 Å². The molecule has 1 aromatic heterocycles. The van der Waals surface area contributed by atoms with Crippen LogP contribution in [0.3, 0.4) is 0 Å². The van der Waals surface area contributed by atoms with Gasteiger partial charge in [-0.05, 0) is 24.1 Å². The number of rotatable bonds is 8. The lowest BCUT2D eigenvalue weighted by molar-refractivity contribution is 0.0863. The van der Waals surface area contributed by atoms with Gasteiger partial charge < -0.3 is 15.2 Å². The molecule has 0 aliphatic carbocycles. The maximum atomic E-state index is 12.7. The van der Waals surface area contributed by atoms with E-state index in [2.05, 4.69) is 17.0 Å². The fraction of sp³-hybridized carbons (Fsp3) is 0.227. The zero-order chi connectivity index (χ0) is 20.8. The monoisotopic (exact) mass is 393 g/mol. The van der Waals surface area contributed by atoms with E-state index < -0.39 is 12.0 Å². The van der Waals surface area contributed by atoms with Gasteiger partial charge in [0.1, 0.15) is 18.5 Å². The van der Waals surface area contributed by atoms with Gasteiger partial charge >= 0.3 is 0 Å². The molecule has 2 aromatic carbocycles. The first kappa shape index (κ1) is 20.3. The van der Waals surface area contributed by atoms with E-state index >= 15 is 0 Å². The number of allylic oxidation sites excluding steroid dienone is 1. The van der Waals surface area contributed by atoms with Crippen molar-refractivity contribution in [3.63, 3.8) is 0 Å². The lowest BCUT2D eigenvalue weighted by Gasteiger charge is -2.16. The number of benzene rings is 2. The smallest absolute Gasteiger partial charge is 0.274 e. The zero-order valence-electron chi connectivity index (χ0n) is 16.2. The number of ether oxygens (including phenoxy) is 1. The van der Waals surface area contributed by atoms with E-state index in [9.17, 15) is 14.7 Å². The van der Waals surface area contributed by atoms with E-state index in [0.717, 1.165) is 10.2 Å². The molecule has 150 valence electrons. The highest BCUT2D eigenvalue weighted by Crippen LogP contribution is 2.19. The third-order valence-electron chi connectivity index (χ3n) is 4.46. The molecule has 1 atom stereocenters. The van der Waals surface area contributed by atoms with Crippen LogP contribution in [0, 0.1) is 0 Å². The summed E-state index contributed by atoms with van der Waals surface area (Å²) in [5, 5.41) is 18.0. The number of carbonyl (C=O) groups excluding carboxylic acids is 1. The van der Waals surface area contributed by atoms with Gasteiger partial charge in [-0.25, -0.2) is 4.68 Å². The van der Waals surface area contributed by atoms with Crippen molar-refractivity contribution >= 4 is 16.7 Å². The van der Waals surface area contributed by atoms with E-state index in [4.69, 9.17) is 4.74 Å². The number of fused-ring (bicyclic) bond motifs is 1. The SMILES string of the molecule is C=CCc1ccccc1OCC(O)Cn1nc(C(=O)NC)c2ccccc2c1=O. The quantitative estimate of drug-likeness (QED) is 0.571. The summed E-state index contributed by atoms with van der Waals surface area (Å²) in [6, 6.07) is 14.3. The summed E-state index contributed by atoms with van der Waals surface area (Å²) in [5.74, 6) is 0.246. The molecule has 1 amide bonds. The maximum Gasteiger partial charge on any atom is 0.274 e. The van der Waals surface area contributed by atoms with Crippen LogP contribution in [0.15, 0.2) is 66.0 Å². The topological polar surface area (TPSA) is 93.4 Å². The van der Waals surface area contributed by atoms with Crippen LogP contribution in [0.5, 0.6) is 5.75 Å². The summed E-state index contributed by atoms with van der Waals surface area (Å²) < 4.78 is 6.84. The molecule has 0 bridgehead atoms. The molecule has 1 heterocycles. The summed E-state index contributed by atoms with van der Waals surface area (Å²) >= 11 is 0. The van der Waals surface area contributed by atoms with Crippen LogP contribution >= 0.6 is 0 Å². The molecule has 0 radical (unpaired) electrons. The van der Waals surface area contributed by atoms with Crippen LogP contribution in [0.4, 0.5) is 0 Å². The Hall–Kier alpha value is -3.45. The maximum absolute atomic E-state index is 12.7. The van der Waals surface area contributed by atoms with Gasteiger partial charge in [-0.15, -0.1) is 6.58 Å². The summed E-state index contributed by atoms with van der Waals surface area (Å²) in [6.45, 7) is 3.60. The molecule has 3 aromatic rings. The third-order valence-corrected chi connectivity index (χ3v) is 4.46. The van der Waals surface area contributed by atoms with Gasteiger partial charge in [0.15, 0.2) is 5.69 Å². The Morgan fingerprint density at radius 1 is 1.24 bits per heavy atom. The summed E-state index contributed by atoms with van der Waals surface area (Å²) in [5.41, 5.74) is 0.712. The van der Waals surface area contributed by atoms with E-state index in [1.807, 2.05) is 24.3 Å². The molecule has 0 aliphatic heterocycles. The number of carbonyl (C=O) groups is 1. The molecule has 3 rings (SSSR count). The Labute approximate surface area is 168 Å². The van der Waals surface area contributed by atoms with Crippen molar-refractivity contribution < 1.29 is 14.6 Å². The van der Waals surface area contributed by atoms with Crippen LogP contribution in [0.2, 0.25) is 0 Å². The highest BCUT2D eigenvalue weighted by molar-refractivity contribution is 6.04. The van der Waals surface area contributed by atoms with E-state index in [0.29, 0.717) is 22.9 Å². The fourth-order valence-electron chi connectivity index (χ4n) is 3.05. The molecule has 7 heteroatoms. The van der Waals surface area contributed by atoms with Crippen LogP contribution in [0.25, 0.3) is 10.8 Å². The van der Waals surface area contributed by atoms with Crippen LogP contribution in [-0.4, -0.2) is 40.6 Å². The van der Waals surface area contributed by atoms with Crippen molar-refractivity contribution in [3.05, 3.63) is 82.8 Å². The second-order valence-electron chi connectivity index (χ2n) is 6.53. The van der Waals surface area contributed by atoms with Crippen molar-refractivity contribution in [2.24, 2.45) is 0 Å². The molecule has 0 fully saturated rings. The Morgan fingerprint density at radius 2 is 1.93 bits per heavy atom. The first-order valence-electron chi connectivity index (χ1n) is 9.26. The Balaban J connectivity index is 1.83. The van der Waals surface area contributed by atoms with Gasteiger partial charge in [-0.3, -0.25) is 9.59 Å². The van der Waals surface area contributed by atoms with Gasteiger partial charge in [0.05, 0.1) is 11.9 Å². The Morgan fingerprint density at radius 3 is 2.66 bits per heavy atom. The van der Waals surface area contributed by atoms with Gasteiger partial charge in [-0.2, -0.15) is 5.10 Å². The first-order chi connectivity index (χ1) is 14.0. The molecule has 7 nitrogen and oxygen atoms in total. The van der Waals surface area contributed by atoms with Crippen molar-refractivity contribution in [3.8, 4) is 5.75 Å². The standard InChI is InChI=1S/C22H23N3O4/c1-3-8-15-9-4-7-12-19(15)29-14-16(26)13-25-22(28)18-11-6-5-10-17(18)20(24-25)21(27)23-2/h3-7,9-12,16,26H,1,8,13-14H2,2H3,(H,23,27). The van der Waals surface area contributed by atoms with Crippen molar-refractivity contribution in [2.45, 2.75) is 19.1 Å². The van der Waals surface area contributed by atoms with Crippen molar-refractivity contribution in [1.29, 1.82) is 0 Å². The average molecular weight is 393 g/mol. The minimum absolute atomic E-state index is 0.0234. The number of amides is 1. The van der Waals surface area contributed by atoms with E-state index in [1.165, 1.54) is 7.05 Å². The molecule has 0 aliphatic rings. The molecule has 0 saturated carbocycles. The number of hydrogen-bond donors (Lipinski definition) is 2. The molecule has 0 saturated heterocycles. The minimum atomic E-state index is -0.990. The predicted molar refractivity (Wildman–Crippen MR) is 111 cm³/mol. The average Bonchev–Trinajstić information content (AvgIpc) is 2.75. The van der Waals surface area contributed by atoms with Crippen LogP contribution in [0.1, 0.15) is 16.1 Å². The Bertz CT molecular complexity index is 1090. The summed E-state index contributed by atoms with van der Waals surface area (Å²) in [4.78, 5) is 24.9. The highest BCUT2D eigenvalue weighted by atomic mass is 16.5. The number of nitrogens with one attached hydrogen (secondary N) is 1. The van der Waals surface area contributed by atoms with Crippen LogP contribution < -0.4 is 15.6 Å². The number of para-hydroxylation sites is 1. The number of aromatic nitrogens is 2. The van der Waals surface area contributed by atoms with Gasteiger partial charge in [0.2, 0.25) is 0 Å². The normalized spacial score (nSPS) is 11.8. The minimum Gasteiger partial charge on any atom is -0.491 e. The molecule has 1 unspecified atom stereocenters. The van der Waals surface area contributed by atoms with Gasteiger partial charge in [-0.1, -0.05) is 42.5 Å². The Kier molecular flexibility index (Phi) is 6.41. The van der Waals surface area contributed by atoms with Gasteiger partial charge in [0.25, 0.3) is 11.5 Å². The number of aliphatic hydroxyl groups is 1. The number of aliphatic hydroxyl groups excluding tert-OH is 1. The molecule has 0 spiro atoms. The van der Waals surface area contributed by atoms with E-state index in [1.54, 1.807) is 30.3 Å². The number of hydrogen-bond acceptors (Lipinski definition) is 5. The third kappa shape index (κ3) is 4.52. The van der Waals surface area contributed by atoms with Crippen LogP contribution in [-0.2, 0) is 13.0 Å². The molecule has 2 N–H and O–H groups in total. The fourth-order valence-corrected chi connectivity index (χ4v) is 3.05. The van der Waals surface area contributed by atoms with Gasteiger partial charge in [0, 0.05) is 12.4 Å². The molecule has 29 heavy (non-hydrogen) atoms. The number of nitrogens with zero attached hydrogens (tertiary/aromatic N) is 2. The summed E-state index contributed by atoms with van der Waals surface area (Å²) in [7, 11) is 1.50. The lowest BCUT2D eigenvalue weighted by Crippen LogP contribution is -2.34. The first-order valence-corrected chi connectivity index (χ1v) is 9.26. The molecular weight excluding hydrogens is 370 g/mol.